The molecule has 0 saturated carbocycles. The van der Waals surface area contributed by atoms with Crippen LogP contribution in [-0.4, -0.2) is 273 Å². The van der Waals surface area contributed by atoms with Crippen molar-refractivity contribution in [1.29, 1.82) is 0 Å². The minimum Gasteiger partial charge on any atom is -0.460 e. The Hall–Kier alpha value is -11.0. The molecule has 2 saturated heterocycles. The maximum absolute atomic E-state index is 14.6. The predicted molar refractivity (Wildman–Crippen MR) is 499 cm³/mol. The van der Waals surface area contributed by atoms with Crippen molar-refractivity contribution < 1.29 is 116 Å². The van der Waals surface area contributed by atoms with Crippen LogP contribution in [-0.2, 0) is 95.8 Å². The van der Waals surface area contributed by atoms with Crippen molar-refractivity contribution in [2.45, 2.75) is 350 Å². The van der Waals surface area contributed by atoms with Gasteiger partial charge in [0.2, 0.25) is 94.5 Å². The number of rotatable bonds is 53. The van der Waals surface area contributed by atoms with Gasteiger partial charge in [-0.2, -0.15) is 0 Å². The normalized spacial score (nSPS) is 19.9. The summed E-state index contributed by atoms with van der Waals surface area (Å²) in [6.45, 7) is 34.1. The third kappa shape index (κ3) is 40.8. The van der Waals surface area contributed by atoms with E-state index < -0.39 is 283 Å². The van der Waals surface area contributed by atoms with Gasteiger partial charge < -0.3 is 127 Å². The average Bonchev–Trinajstić information content (AvgIpc) is 1.72. The number of carbonyl (C=O) groups excluding carboxylic acids is 19. The number of aliphatic hydroxyl groups excluding tert-OH is 4. The van der Waals surface area contributed by atoms with Gasteiger partial charge in [0.25, 0.3) is 11.8 Å². The molecule has 0 aromatic heterocycles. The number of nitrogens with one attached hydrogen (secondary N) is 16. The van der Waals surface area contributed by atoms with E-state index in [4.69, 9.17) is 16.2 Å². The maximum Gasteiger partial charge on any atom is 0.306 e. The Morgan fingerprint density at radius 1 is 0.519 bits per heavy atom. The van der Waals surface area contributed by atoms with Crippen LogP contribution in [0.2, 0.25) is 0 Å². The van der Waals surface area contributed by atoms with Crippen LogP contribution in [0.3, 0.4) is 0 Å². The number of likely N-dealkylation sites (tertiary alicyclic amines) is 1. The molecule has 764 valence electrons. The highest BCUT2D eigenvalue weighted by Gasteiger charge is 2.44. The zero-order chi connectivity index (χ0) is 103. The molecule has 18 atom stereocenters. The van der Waals surface area contributed by atoms with E-state index >= 15 is 0 Å². The fraction of sp³-hybridized carbons (Fsp3) is 0.728. The molecule has 24 N–H and O–H groups in total. The van der Waals surface area contributed by atoms with Gasteiger partial charge in [-0.05, 0) is 139 Å². The second kappa shape index (κ2) is 60.4. The van der Waals surface area contributed by atoms with Gasteiger partial charge in [-0.1, -0.05) is 168 Å². The number of nitrogens with zero attached hydrogens (tertiary/aromatic N) is 1. The SMILES string of the molecule is C=C1CCC(=O)O[C@H](C)C(NC(=O)/C(=C/C)NC(=O)[C@H](NC(=O)[C@H](CC(C)C)NC(=O)[C@@H](CCC(N)=O)NC(=O)[C@@H](NC(=O)[C@H](NC(=O)[C@@H](CC(C)C)NC(=O)[C@@H](CO)NC(=O)[C@H](NC(=O)[C@@H](CC(C)C)NC(=O)[C@@H](CO)NC(=O)[C@H]2CCCN2C(=O)/C(=C/C)NC(=O)CC(O)CCCCC)C(C)C)C(C)C)C(C)C)C(C)C)C(=O)NC([C@H](C)CC)C(=O)N[C@@H](CCO)C(=O)N[C@@H]1CCN. The first-order valence-corrected chi connectivity index (χ1v) is 47.2. The summed E-state index contributed by atoms with van der Waals surface area (Å²) in [7, 11) is 0. The molecule has 2 aliphatic heterocycles. The number of allylic oxidation sites excluding steroid dienone is 2. The second-order valence-electron chi connectivity index (χ2n) is 37.4. The molecule has 0 spiro atoms. The van der Waals surface area contributed by atoms with Gasteiger partial charge in [0.15, 0.2) is 0 Å². The van der Waals surface area contributed by atoms with Crippen molar-refractivity contribution in [2.75, 3.05) is 32.9 Å². The fourth-order valence-corrected chi connectivity index (χ4v) is 14.9. The Kier molecular flexibility index (Phi) is 53.7. The molecule has 0 aromatic carbocycles. The zero-order valence-corrected chi connectivity index (χ0v) is 82.4. The lowest BCUT2D eigenvalue weighted by Crippen LogP contribution is -2.62. The summed E-state index contributed by atoms with van der Waals surface area (Å²) in [5, 5.41) is 82.7. The number of amides is 18. The van der Waals surface area contributed by atoms with E-state index in [9.17, 15) is 112 Å². The molecule has 0 bridgehead atoms. The number of hydrogen-bond acceptors (Lipinski definition) is 25. The van der Waals surface area contributed by atoms with Crippen LogP contribution >= 0.6 is 0 Å². The molecule has 135 heavy (non-hydrogen) atoms. The fourth-order valence-electron chi connectivity index (χ4n) is 14.9. The van der Waals surface area contributed by atoms with E-state index in [1.54, 1.807) is 111 Å². The minimum absolute atomic E-state index is 0.0304. The Morgan fingerprint density at radius 2 is 0.956 bits per heavy atom. The van der Waals surface area contributed by atoms with Gasteiger partial charge in [-0.25, -0.2) is 0 Å². The first kappa shape index (κ1) is 120. The number of cyclic esters (lactones) is 1. The van der Waals surface area contributed by atoms with Crippen LogP contribution in [0.5, 0.6) is 0 Å². The van der Waals surface area contributed by atoms with Crippen molar-refractivity contribution in [1.82, 2.24) is 90.0 Å². The van der Waals surface area contributed by atoms with Gasteiger partial charge in [-0.15, -0.1) is 0 Å². The van der Waals surface area contributed by atoms with E-state index in [1.807, 2.05) is 6.92 Å². The van der Waals surface area contributed by atoms with E-state index in [-0.39, 0.29) is 94.3 Å². The van der Waals surface area contributed by atoms with Crippen molar-refractivity contribution in [3.63, 3.8) is 0 Å². The van der Waals surface area contributed by atoms with Crippen LogP contribution in [0, 0.1) is 47.3 Å². The van der Waals surface area contributed by atoms with Crippen molar-refractivity contribution in [2.24, 2.45) is 58.8 Å². The number of esters is 1. The van der Waals surface area contributed by atoms with Crippen LogP contribution in [0.1, 0.15) is 248 Å². The minimum atomic E-state index is -1.78. The highest BCUT2D eigenvalue weighted by molar-refractivity contribution is 6.05. The largest absolute Gasteiger partial charge is 0.460 e. The summed E-state index contributed by atoms with van der Waals surface area (Å²) in [6, 6.07) is -21.6. The van der Waals surface area contributed by atoms with Gasteiger partial charge in [0.1, 0.15) is 102 Å². The number of carbonyl (C=O) groups is 19. The summed E-state index contributed by atoms with van der Waals surface area (Å²) in [5.74, 6) is -21.8. The molecule has 0 aromatic rings. The molecule has 18 amide bonds. The topological polar surface area (TPSA) is 662 Å². The molecular formula is C92H157N19O24. The first-order chi connectivity index (χ1) is 63.3. The number of aliphatic hydroxyl groups is 4. The van der Waals surface area contributed by atoms with E-state index in [0.717, 1.165) is 12.8 Å². The molecule has 2 heterocycles. The average molecular weight is 1910 g/mol. The molecular weight excluding hydrogens is 1760 g/mol. The van der Waals surface area contributed by atoms with Gasteiger partial charge in [0, 0.05) is 26.0 Å². The van der Waals surface area contributed by atoms with Gasteiger partial charge >= 0.3 is 5.97 Å². The summed E-state index contributed by atoms with van der Waals surface area (Å²) in [6.07, 6.45) is 2.08. The molecule has 2 fully saturated rings. The van der Waals surface area contributed by atoms with Gasteiger partial charge in [0.05, 0.1) is 31.8 Å². The lowest BCUT2D eigenvalue weighted by Gasteiger charge is -2.31. The molecule has 43 nitrogen and oxygen atoms in total. The number of unbranched alkanes of at least 4 members (excludes halogenated alkanes) is 2. The van der Waals surface area contributed by atoms with Crippen LogP contribution in [0.15, 0.2) is 35.7 Å². The Bertz CT molecular complexity index is 4100. The number of primary amides is 1. The summed E-state index contributed by atoms with van der Waals surface area (Å²) < 4.78 is 5.69. The highest BCUT2D eigenvalue weighted by Crippen LogP contribution is 2.23. The quantitative estimate of drug-likeness (QED) is 0.0138. The zero-order valence-electron chi connectivity index (χ0n) is 82.4. The monoisotopic (exact) mass is 1910 g/mol. The molecule has 0 radical (unpaired) electrons. The smallest absolute Gasteiger partial charge is 0.306 e. The van der Waals surface area contributed by atoms with Crippen LogP contribution < -0.4 is 96.5 Å². The van der Waals surface area contributed by atoms with Crippen molar-refractivity contribution in [3.05, 3.63) is 35.7 Å². The lowest BCUT2D eigenvalue weighted by atomic mass is 9.96. The molecule has 2 rings (SSSR count). The summed E-state index contributed by atoms with van der Waals surface area (Å²) in [4.78, 5) is 268. The maximum atomic E-state index is 14.6. The highest BCUT2D eigenvalue weighted by atomic mass is 16.5. The van der Waals surface area contributed by atoms with Crippen LogP contribution in [0.4, 0.5) is 0 Å². The predicted octanol–water partition coefficient (Wildman–Crippen LogP) is -1.79. The molecule has 2 aliphatic rings. The lowest BCUT2D eigenvalue weighted by molar-refractivity contribution is -0.152. The van der Waals surface area contributed by atoms with Crippen molar-refractivity contribution in [3.8, 4) is 0 Å². The third-order valence-electron chi connectivity index (χ3n) is 23.0. The number of hydrogen-bond donors (Lipinski definition) is 22. The molecule has 3 unspecified atom stereocenters. The van der Waals surface area contributed by atoms with Crippen molar-refractivity contribution >= 4 is 112 Å². The molecule has 0 aliphatic carbocycles. The standard InChI is InChI=1S/C92H157N19O24/c1-22-26-27-29-56(115)43-69(117)95-58(25-4)92(134)111-38-28-30-67(111)85(127)103-65(44-113)83(125)101-63(41-47(7)8)81(123)106-72(50(13)14)88(130)104-66(45-114)84(126)102-64(42-48(9)10)82(124)107-74(52(17)18)89(131)108-73(51(15)16)87(129)98-60(32-33-68(94)116)78(120)100-62(40-46(5)6)80(122)105-71(49(11)12)86(128)96-57(24-3)77(119)110-76-55(21)135-70(118)34-31-54(20)59(35-37-93)97-79(121)61(36-39-112)99-90(132)75(53(19)23-2)109-91(76)133/h24-25,46-53,55-56,59-67,71-76,112-115H,20,22-23,26-45,93H2,1-19,21H3,(H2,94,116)(H,95,117)(H,96,128)(H,97,121)(H,98,129)(H,99,132)(H,100,120)(H,101,125)(H,102,126)(H,103,127)(H,104,130)(H,105,122)(H,106,123)(H,107,124)(H,108,131)(H,109,133)(H,110,119)/b57-24-,58-25-/t53-,55-,56?,59-,60-,61+,62+,63-,64-,65-,66-,67-,71-,72-,73+,74-,75?,76?/m1/s1. The van der Waals surface area contributed by atoms with Gasteiger partial charge in [-0.3, -0.25) is 91.1 Å². The van der Waals surface area contributed by atoms with E-state index in [2.05, 4.69) is 91.6 Å². The Balaban J connectivity index is 2.41. The van der Waals surface area contributed by atoms with Crippen LogP contribution in [0.25, 0.3) is 0 Å². The number of ether oxygens (including phenoxy) is 1. The Morgan fingerprint density at radius 3 is 1.39 bits per heavy atom. The van der Waals surface area contributed by atoms with E-state index in [1.165, 1.54) is 37.8 Å². The summed E-state index contributed by atoms with van der Waals surface area (Å²) >= 11 is 0. The third-order valence-corrected chi connectivity index (χ3v) is 23.0. The summed E-state index contributed by atoms with van der Waals surface area (Å²) in [5.41, 5.74) is 11.2. The number of nitrogens with two attached hydrogens (primary N) is 2. The Labute approximate surface area is 792 Å². The first-order valence-electron chi connectivity index (χ1n) is 47.2. The van der Waals surface area contributed by atoms with E-state index in [0.29, 0.717) is 31.3 Å². The molecule has 43 heteroatoms. The second-order valence-corrected chi connectivity index (χ2v) is 37.4.